The van der Waals surface area contributed by atoms with Crippen molar-refractivity contribution in [2.45, 2.75) is 13.0 Å². The van der Waals surface area contributed by atoms with E-state index in [1.807, 2.05) is 36.1 Å². The van der Waals surface area contributed by atoms with Gasteiger partial charge in [-0.3, -0.25) is 14.3 Å². The van der Waals surface area contributed by atoms with E-state index in [1.54, 1.807) is 30.1 Å². The van der Waals surface area contributed by atoms with Gasteiger partial charge in [0.25, 0.3) is 5.56 Å². The van der Waals surface area contributed by atoms with Crippen molar-refractivity contribution in [2.75, 3.05) is 24.6 Å². The zero-order valence-electron chi connectivity index (χ0n) is 17.3. The van der Waals surface area contributed by atoms with Crippen LogP contribution in [0.5, 0.6) is 5.75 Å². The first-order valence-electron chi connectivity index (χ1n) is 9.85. The van der Waals surface area contributed by atoms with Crippen molar-refractivity contribution in [3.63, 3.8) is 0 Å². The molecule has 0 saturated carbocycles. The second-order valence-electron chi connectivity index (χ2n) is 7.33. The van der Waals surface area contributed by atoms with Crippen LogP contribution in [-0.4, -0.2) is 40.3 Å². The van der Waals surface area contributed by atoms with E-state index in [4.69, 9.17) is 20.2 Å². The zero-order chi connectivity index (χ0) is 22.0. The van der Waals surface area contributed by atoms with Crippen molar-refractivity contribution in [2.24, 2.45) is 12.8 Å². The van der Waals surface area contributed by atoms with Crippen molar-refractivity contribution in [1.82, 2.24) is 14.5 Å². The normalized spacial score (nSPS) is 16.2. The van der Waals surface area contributed by atoms with Gasteiger partial charge in [-0.05, 0) is 42.3 Å². The monoisotopic (exact) mass is 421 g/mol. The summed E-state index contributed by atoms with van der Waals surface area (Å²) in [6.07, 6.45) is 2.27. The number of aryl methyl sites for hydroxylation is 1. The van der Waals surface area contributed by atoms with Gasteiger partial charge in [0, 0.05) is 37.6 Å². The number of anilines is 1. The lowest BCUT2D eigenvalue weighted by molar-refractivity contribution is 0.0389. The molecule has 0 bridgehead atoms. The highest BCUT2D eigenvalue weighted by Crippen LogP contribution is 2.29. The fraction of sp³-hybridized carbons (Fsp3) is 0.273. The lowest BCUT2D eigenvalue weighted by Gasteiger charge is -2.34. The summed E-state index contributed by atoms with van der Waals surface area (Å²) in [6.45, 7) is 3.46. The molecule has 1 aliphatic heterocycles. The van der Waals surface area contributed by atoms with Gasteiger partial charge in [-0.15, -0.1) is 0 Å². The molecule has 3 heterocycles. The number of hydrogen-bond acceptors (Lipinski definition) is 7. The molecule has 4 rings (SSSR count). The van der Waals surface area contributed by atoms with Crippen LogP contribution in [0.1, 0.15) is 17.2 Å². The highest BCUT2D eigenvalue weighted by Gasteiger charge is 2.25. The maximum absolute atomic E-state index is 12.6. The standard InChI is InChI=1S/C22H23N5O4/c1-14-11-16(3-4-18(14)31-21(23)29)19-13-27(9-10-30-19)22-25-17(12-20(28)26(22)2)15-5-7-24-8-6-15/h3-8,11-12,19H,9-10,13H2,1-2H3,(H2,23,29)/t19-/m1/s1. The average molecular weight is 421 g/mol. The predicted molar refractivity (Wildman–Crippen MR) is 115 cm³/mol. The summed E-state index contributed by atoms with van der Waals surface area (Å²) >= 11 is 0. The van der Waals surface area contributed by atoms with Crippen LogP contribution in [0.3, 0.4) is 0 Å². The van der Waals surface area contributed by atoms with Crippen LogP contribution in [0.2, 0.25) is 0 Å². The maximum Gasteiger partial charge on any atom is 0.409 e. The Morgan fingerprint density at radius 1 is 1.23 bits per heavy atom. The van der Waals surface area contributed by atoms with Gasteiger partial charge >= 0.3 is 6.09 Å². The number of nitrogens with zero attached hydrogens (tertiary/aromatic N) is 4. The van der Waals surface area contributed by atoms with E-state index in [9.17, 15) is 9.59 Å². The minimum Gasteiger partial charge on any atom is -0.410 e. The summed E-state index contributed by atoms with van der Waals surface area (Å²) in [5.41, 5.74) is 8.13. The van der Waals surface area contributed by atoms with Gasteiger partial charge in [-0.2, -0.15) is 0 Å². The van der Waals surface area contributed by atoms with Crippen molar-refractivity contribution in [1.29, 1.82) is 0 Å². The van der Waals surface area contributed by atoms with Crippen LogP contribution < -0.4 is 20.9 Å². The fourth-order valence-corrected chi connectivity index (χ4v) is 3.61. The Morgan fingerprint density at radius 3 is 2.71 bits per heavy atom. The molecule has 0 unspecified atom stereocenters. The largest absolute Gasteiger partial charge is 0.410 e. The molecule has 2 aromatic heterocycles. The first kappa shape index (κ1) is 20.5. The SMILES string of the molecule is Cc1cc([C@H]2CN(c3nc(-c4ccncc4)cc(=O)n3C)CCO2)ccc1OC(N)=O. The lowest BCUT2D eigenvalue weighted by Crippen LogP contribution is -2.41. The van der Waals surface area contributed by atoms with E-state index in [0.717, 1.165) is 16.7 Å². The van der Waals surface area contributed by atoms with Gasteiger partial charge < -0.3 is 20.1 Å². The third kappa shape index (κ3) is 4.41. The summed E-state index contributed by atoms with van der Waals surface area (Å²) in [7, 11) is 1.71. The Labute approximate surface area is 179 Å². The molecule has 0 aliphatic carbocycles. The van der Waals surface area contributed by atoms with Crippen LogP contribution in [0, 0.1) is 6.92 Å². The van der Waals surface area contributed by atoms with Gasteiger partial charge in [0.2, 0.25) is 5.95 Å². The van der Waals surface area contributed by atoms with E-state index in [0.29, 0.717) is 37.1 Å². The third-order valence-electron chi connectivity index (χ3n) is 5.22. The number of amides is 1. The molecule has 160 valence electrons. The second-order valence-corrected chi connectivity index (χ2v) is 7.33. The Kier molecular flexibility index (Phi) is 5.68. The highest BCUT2D eigenvalue weighted by atomic mass is 16.5. The Bertz CT molecular complexity index is 1160. The van der Waals surface area contributed by atoms with Gasteiger partial charge in [-0.25, -0.2) is 9.78 Å². The minimum atomic E-state index is -0.850. The van der Waals surface area contributed by atoms with Crippen LogP contribution in [0.15, 0.2) is 53.6 Å². The van der Waals surface area contributed by atoms with Crippen molar-refractivity contribution < 1.29 is 14.3 Å². The minimum absolute atomic E-state index is 0.136. The molecule has 1 saturated heterocycles. The predicted octanol–water partition coefficient (Wildman–Crippen LogP) is 2.19. The number of hydrogen-bond donors (Lipinski definition) is 1. The molecule has 1 atom stereocenters. The molecule has 3 aromatic rings. The number of rotatable bonds is 4. The summed E-state index contributed by atoms with van der Waals surface area (Å²) < 4.78 is 12.5. The molecule has 9 nitrogen and oxygen atoms in total. The number of aromatic nitrogens is 3. The number of carbonyl (C=O) groups is 1. The van der Waals surface area contributed by atoms with Crippen molar-refractivity contribution in [3.8, 4) is 17.0 Å². The smallest absolute Gasteiger partial charge is 0.409 e. The number of ether oxygens (including phenoxy) is 2. The van der Waals surface area contributed by atoms with E-state index >= 15 is 0 Å². The van der Waals surface area contributed by atoms with Gasteiger partial charge in [0.1, 0.15) is 11.9 Å². The maximum atomic E-state index is 12.6. The van der Waals surface area contributed by atoms with E-state index in [1.165, 1.54) is 6.07 Å². The molecule has 2 N–H and O–H groups in total. The third-order valence-corrected chi connectivity index (χ3v) is 5.22. The first-order valence-corrected chi connectivity index (χ1v) is 9.85. The van der Waals surface area contributed by atoms with Crippen LogP contribution in [0.25, 0.3) is 11.3 Å². The van der Waals surface area contributed by atoms with E-state index in [-0.39, 0.29) is 11.7 Å². The Morgan fingerprint density at radius 2 is 2.00 bits per heavy atom. The van der Waals surface area contributed by atoms with Crippen LogP contribution in [0.4, 0.5) is 10.7 Å². The summed E-state index contributed by atoms with van der Waals surface area (Å²) in [6, 6.07) is 10.6. The molecule has 1 aliphatic rings. The fourth-order valence-electron chi connectivity index (χ4n) is 3.61. The molecule has 9 heteroatoms. The Balaban J connectivity index is 1.62. The highest BCUT2D eigenvalue weighted by molar-refractivity contribution is 5.68. The van der Waals surface area contributed by atoms with Gasteiger partial charge in [-0.1, -0.05) is 6.07 Å². The molecular formula is C22H23N5O4. The van der Waals surface area contributed by atoms with E-state index in [2.05, 4.69) is 4.98 Å². The average Bonchev–Trinajstić information content (AvgIpc) is 2.77. The van der Waals surface area contributed by atoms with Gasteiger partial charge in [0.05, 0.1) is 18.8 Å². The van der Waals surface area contributed by atoms with Crippen LogP contribution in [-0.2, 0) is 11.8 Å². The number of primary amides is 1. The molecule has 1 aromatic carbocycles. The Hall–Kier alpha value is -3.72. The topological polar surface area (TPSA) is 113 Å². The molecule has 31 heavy (non-hydrogen) atoms. The quantitative estimate of drug-likeness (QED) is 0.687. The number of carbonyl (C=O) groups excluding carboxylic acids is 1. The molecule has 1 fully saturated rings. The number of benzene rings is 1. The van der Waals surface area contributed by atoms with Gasteiger partial charge in [0.15, 0.2) is 0 Å². The second kappa shape index (κ2) is 8.57. The summed E-state index contributed by atoms with van der Waals surface area (Å²) in [4.78, 5) is 34.4. The molecule has 1 amide bonds. The first-order chi connectivity index (χ1) is 14.9. The van der Waals surface area contributed by atoms with E-state index < -0.39 is 6.09 Å². The molecule has 0 radical (unpaired) electrons. The molecule has 0 spiro atoms. The number of morpholine rings is 1. The summed E-state index contributed by atoms with van der Waals surface area (Å²) in [5, 5.41) is 0. The number of nitrogens with two attached hydrogens (primary N) is 1. The van der Waals surface area contributed by atoms with Crippen molar-refractivity contribution in [3.05, 3.63) is 70.3 Å². The molecular weight excluding hydrogens is 398 g/mol. The summed E-state index contributed by atoms with van der Waals surface area (Å²) in [5.74, 6) is 0.996. The number of pyridine rings is 1. The van der Waals surface area contributed by atoms with Crippen molar-refractivity contribution >= 4 is 12.0 Å². The van der Waals surface area contributed by atoms with Crippen LogP contribution >= 0.6 is 0 Å². The lowest BCUT2D eigenvalue weighted by atomic mass is 10.0. The zero-order valence-corrected chi connectivity index (χ0v) is 17.3.